The van der Waals surface area contributed by atoms with E-state index in [1.807, 2.05) is 0 Å². The molecule has 0 rings (SSSR count). The van der Waals surface area contributed by atoms with Crippen molar-refractivity contribution in [3.05, 3.63) is 0 Å². The van der Waals surface area contributed by atoms with Gasteiger partial charge in [-0.3, -0.25) is 0 Å². The van der Waals surface area contributed by atoms with Gasteiger partial charge in [0.05, 0.1) is 20.6 Å². The first-order chi connectivity index (χ1) is 13.7. The van der Waals surface area contributed by atoms with E-state index in [4.69, 9.17) is 0 Å². The fraction of sp³-hybridized carbons (Fsp3) is 1.00. The second-order valence-electron chi connectivity index (χ2n) is 7.67. The molecule has 0 bridgehead atoms. The Kier molecular flexibility index (Phi) is 8.25. The molecule has 194 valence electrons. The summed E-state index contributed by atoms with van der Waals surface area (Å²) in [5, 5.41) is 0. The third-order valence-electron chi connectivity index (χ3n) is 4.47. The first-order valence-corrected chi connectivity index (χ1v) is 8.46. The van der Waals surface area contributed by atoms with E-state index in [1.54, 1.807) is 0 Å². The predicted octanol–water partition coefficient (Wildman–Crippen LogP) is 6.58. The normalized spacial score (nSPS) is 16.1. The third kappa shape index (κ3) is 4.58. The van der Waals surface area contributed by atoms with Gasteiger partial charge in [-0.05, 0) is 6.42 Å². The van der Waals surface area contributed by atoms with Gasteiger partial charge in [-0.25, -0.2) is 8.78 Å². The summed E-state index contributed by atoms with van der Waals surface area (Å²) in [4.78, 5) is 0. The molecule has 32 heavy (non-hydrogen) atoms. The first-order valence-electron chi connectivity index (χ1n) is 8.46. The van der Waals surface area contributed by atoms with E-state index in [0.29, 0.717) is 0 Å². The highest BCUT2D eigenvalue weighted by molar-refractivity contribution is 5.14. The lowest BCUT2D eigenvalue weighted by atomic mass is 9.89. The number of rotatable bonds is 12. The zero-order chi connectivity index (χ0) is 26.4. The minimum Gasteiger partial charge on any atom is -0.323 e. The SMILES string of the molecule is CCCC[N+](C)(C)CC(F)(F)C(F)(F)C(F)(F)C(F)(F)C(F)(F)C(F)(F)C(F)(F)C(F)F. The van der Waals surface area contributed by atoms with Gasteiger partial charge in [0.1, 0.15) is 6.54 Å². The minimum atomic E-state index is -8.34. The van der Waals surface area contributed by atoms with Crippen molar-refractivity contribution in [3.8, 4) is 0 Å². The summed E-state index contributed by atoms with van der Waals surface area (Å²) in [5.41, 5.74) is 0. The maximum absolute atomic E-state index is 13.9. The van der Waals surface area contributed by atoms with Gasteiger partial charge in [0.15, 0.2) is 0 Å². The van der Waals surface area contributed by atoms with Gasteiger partial charge in [0, 0.05) is 0 Å². The van der Waals surface area contributed by atoms with Gasteiger partial charge >= 0.3 is 47.9 Å². The smallest absolute Gasteiger partial charge is 0.323 e. The molecule has 0 aromatic carbocycles. The van der Waals surface area contributed by atoms with Crippen LogP contribution in [0.3, 0.4) is 0 Å². The molecule has 17 heteroatoms. The molecule has 0 radical (unpaired) electrons. The lowest BCUT2D eigenvalue weighted by molar-refractivity contribution is -0.900. The molecule has 0 saturated carbocycles. The lowest BCUT2D eigenvalue weighted by Gasteiger charge is -2.43. The van der Waals surface area contributed by atoms with E-state index >= 15 is 0 Å². The Morgan fingerprint density at radius 2 is 0.938 bits per heavy atom. The van der Waals surface area contributed by atoms with Crippen LogP contribution in [0.2, 0.25) is 0 Å². The molecule has 0 aliphatic heterocycles. The van der Waals surface area contributed by atoms with Crippen LogP contribution in [0.5, 0.6) is 0 Å². The van der Waals surface area contributed by atoms with Crippen molar-refractivity contribution in [2.24, 2.45) is 0 Å². The van der Waals surface area contributed by atoms with Gasteiger partial charge in [-0.15, -0.1) is 0 Å². The Bertz CT molecular complexity index is 639. The van der Waals surface area contributed by atoms with Crippen LogP contribution < -0.4 is 0 Å². The summed E-state index contributed by atoms with van der Waals surface area (Å²) in [5.74, 6) is -54.0. The number of halogens is 16. The van der Waals surface area contributed by atoms with Crippen molar-refractivity contribution in [2.75, 3.05) is 27.2 Å². The molecular weight excluding hydrogens is 498 g/mol. The van der Waals surface area contributed by atoms with Crippen LogP contribution in [0.4, 0.5) is 70.2 Å². The Labute approximate surface area is 170 Å². The third-order valence-corrected chi connectivity index (χ3v) is 4.47. The highest BCUT2D eigenvalue weighted by atomic mass is 19.4. The number of alkyl halides is 16. The molecule has 0 fully saturated rings. The Hall–Kier alpha value is -1.16. The van der Waals surface area contributed by atoms with E-state index in [9.17, 15) is 70.2 Å². The molecule has 0 N–H and O–H groups in total. The van der Waals surface area contributed by atoms with Gasteiger partial charge in [0.2, 0.25) is 0 Å². The van der Waals surface area contributed by atoms with Crippen molar-refractivity contribution in [1.29, 1.82) is 0 Å². The summed E-state index contributed by atoms with van der Waals surface area (Å²) in [6.07, 6.45) is -5.56. The minimum absolute atomic E-state index is 0.0220. The number of nitrogens with zero attached hydrogens (tertiary/aromatic N) is 1. The van der Waals surface area contributed by atoms with Crippen molar-refractivity contribution in [2.45, 2.75) is 67.6 Å². The zero-order valence-corrected chi connectivity index (χ0v) is 16.4. The molecule has 0 aliphatic rings. The Morgan fingerprint density at radius 1 is 0.594 bits per heavy atom. The number of unbranched alkanes of at least 4 members (excludes halogenated alkanes) is 1. The van der Waals surface area contributed by atoms with Crippen molar-refractivity contribution in [3.63, 3.8) is 0 Å². The lowest BCUT2D eigenvalue weighted by Crippen LogP contribution is -2.74. The van der Waals surface area contributed by atoms with E-state index < -0.39 is 65.5 Å². The maximum Gasteiger partial charge on any atom is 0.385 e. The number of hydrogen-bond acceptors (Lipinski definition) is 0. The largest absolute Gasteiger partial charge is 0.385 e. The fourth-order valence-corrected chi connectivity index (χ4v) is 2.47. The van der Waals surface area contributed by atoms with Crippen LogP contribution in [-0.4, -0.2) is 79.6 Å². The monoisotopic (exact) mass is 516 g/mol. The van der Waals surface area contributed by atoms with Gasteiger partial charge in [0.25, 0.3) is 0 Å². The summed E-state index contributed by atoms with van der Waals surface area (Å²) < 4.78 is 211. The molecule has 0 aromatic heterocycles. The number of hydrogen-bond donors (Lipinski definition) is 0. The topological polar surface area (TPSA) is 0 Å². The Morgan fingerprint density at radius 3 is 1.28 bits per heavy atom. The summed E-state index contributed by atoms with van der Waals surface area (Å²) in [6, 6.07) is 0. The average molecular weight is 516 g/mol. The van der Waals surface area contributed by atoms with Gasteiger partial charge < -0.3 is 4.48 Å². The van der Waals surface area contributed by atoms with E-state index in [0.717, 1.165) is 14.1 Å². The average Bonchev–Trinajstić information content (AvgIpc) is 2.57. The maximum atomic E-state index is 13.9. The summed E-state index contributed by atoms with van der Waals surface area (Å²) in [6.45, 7) is -1.33. The summed E-state index contributed by atoms with van der Waals surface area (Å²) in [7, 11) is 1.48. The standard InChI is InChI=1S/C15H18F16N/c1-4-5-6-32(2,3)7-9(18,19)11(22,23)13(26,27)15(30,31)14(28,29)12(24,25)10(20,21)8(16)17/h8H,4-7H2,1-3H3/q+1. The van der Waals surface area contributed by atoms with E-state index in [2.05, 4.69) is 0 Å². The highest BCUT2D eigenvalue weighted by Crippen LogP contribution is 2.62. The Balaban J connectivity index is 6.49. The van der Waals surface area contributed by atoms with Gasteiger partial charge in [-0.1, -0.05) is 13.3 Å². The second-order valence-corrected chi connectivity index (χ2v) is 7.67. The van der Waals surface area contributed by atoms with Crippen molar-refractivity contribution >= 4 is 0 Å². The molecule has 0 atom stereocenters. The molecular formula is C15H18F16N+. The van der Waals surface area contributed by atoms with Gasteiger partial charge in [-0.2, -0.15) is 61.5 Å². The molecule has 0 spiro atoms. The predicted molar refractivity (Wildman–Crippen MR) is 77.4 cm³/mol. The fourth-order valence-electron chi connectivity index (χ4n) is 2.47. The van der Waals surface area contributed by atoms with E-state index in [1.165, 1.54) is 6.92 Å². The van der Waals surface area contributed by atoms with Crippen LogP contribution in [0.15, 0.2) is 0 Å². The van der Waals surface area contributed by atoms with Crippen LogP contribution >= 0.6 is 0 Å². The molecule has 0 unspecified atom stereocenters. The van der Waals surface area contributed by atoms with Crippen molar-refractivity contribution < 1.29 is 74.7 Å². The molecule has 0 aliphatic carbocycles. The molecule has 1 nitrogen and oxygen atoms in total. The molecule has 0 saturated heterocycles. The van der Waals surface area contributed by atoms with Crippen LogP contribution in [0, 0.1) is 0 Å². The first kappa shape index (κ1) is 30.8. The second kappa shape index (κ2) is 8.56. The zero-order valence-electron chi connectivity index (χ0n) is 16.4. The summed E-state index contributed by atoms with van der Waals surface area (Å²) >= 11 is 0. The molecule has 0 amide bonds. The van der Waals surface area contributed by atoms with Crippen LogP contribution in [-0.2, 0) is 0 Å². The molecule has 0 aromatic rings. The highest BCUT2D eigenvalue weighted by Gasteiger charge is 2.93. The molecule has 0 heterocycles. The van der Waals surface area contributed by atoms with Crippen molar-refractivity contribution in [1.82, 2.24) is 0 Å². The number of quaternary nitrogens is 1. The van der Waals surface area contributed by atoms with E-state index in [-0.39, 0.29) is 12.8 Å². The quantitative estimate of drug-likeness (QED) is 0.203. The van der Waals surface area contributed by atoms with Crippen LogP contribution in [0.1, 0.15) is 19.8 Å². The van der Waals surface area contributed by atoms with Crippen LogP contribution in [0.25, 0.3) is 0 Å².